The van der Waals surface area contributed by atoms with Crippen molar-refractivity contribution in [3.63, 3.8) is 0 Å². The molecule has 0 saturated heterocycles. The SMILES string of the molecule is CCCCCCC=CCCCCCCCCCC(=O)OC(CO)CO. The van der Waals surface area contributed by atoms with Crippen molar-refractivity contribution in [2.24, 2.45) is 0 Å². The van der Waals surface area contributed by atoms with Crippen molar-refractivity contribution in [1.29, 1.82) is 0 Å². The summed E-state index contributed by atoms with van der Waals surface area (Å²) in [6, 6.07) is 0. The van der Waals surface area contributed by atoms with Gasteiger partial charge in [-0.1, -0.05) is 70.4 Å². The number of hydrogen-bond donors (Lipinski definition) is 2. The molecule has 0 aliphatic carbocycles. The minimum absolute atomic E-state index is 0.323. The fraction of sp³-hybridized carbons (Fsp3) is 0.857. The maximum absolute atomic E-state index is 11.5. The molecule has 0 fully saturated rings. The summed E-state index contributed by atoms with van der Waals surface area (Å²) in [4.78, 5) is 11.5. The summed E-state index contributed by atoms with van der Waals surface area (Å²) < 4.78 is 4.92. The van der Waals surface area contributed by atoms with Crippen molar-refractivity contribution in [1.82, 2.24) is 0 Å². The van der Waals surface area contributed by atoms with E-state index in [9.17, 15) is 4.79 Å². The van der Waals surface area contributed by atoms with E-state index >= 15 is 0 Å². The third kappa shape index (κ3) is 17.7. The Balaban J connectivity index is 3.26. The maximum Gasteiger partial charge on any atom is 0.306 e. The molecule has 0 aromatic heterocycles. The second-order valence-electron chi connectivity index (χ2n) is 6.81. The fourth-order valence-electron chi connectivity index (χ4n) is 2.72. The van der Waals surface area contributed by atoms with Gasteiger partial charge in [0.05, 0.1) is 13.2 Å². The largest absolute Gasteiger partial charge is 0.457 e. The molecule has 0 aliphatic heterocycles. The lowest BCUT2D eigenvalue weighted by Gasteiger charge is -2.12. The lowest BCUT2D eigenvalue weighted by Crippen LogP contribution is -2.25. The summed E-state index contributed by atoms with van der Waals surface area (Å²) in [5.74, 6) is -0.324. The predicted molar refractivity (Wildman–Crippen MR) is 104 cm³/mol. The van der Waals surface area contributed by atoms with Gasteiger partial charge < -0.3 is 14.9 Å². The topological polar surface area (TPSA) is 66.8 Å². The van der Waals surface area contributed by atoms with Gasteiger partial charge in [0.1, 0.15) is 6.10 Å². The molecule has 148 valence electrons. The number of hydrogen-bond acceptors (Lipinski definition) is 4. The molecule has 25 heavy (non-hydrogen) atoms. The van der Waals surface area contributed by atoms with Crippen LogP contribution in [0.1, 0.15) is 96.8 Å². The summed E-state index contributed by atoms with van der Waals surface area (Å²) in [6.45, 7) is 1.60. The third-order valence-electron chi connectivity index (χ3n) is 4.35. The smallest absolute Gasteiger partial charge is 0.306 e. The van der Waals surface area contributed by atoms with E-state index in [4.69, 9.17) is 14.9 Å². The van der Waals surface area contributed by atoms with Crippen LogP contribution in [0.25, 0.3) is 0 Å². The number of aliphatic hydroxyl groups is 2. The number of aliphatic hydroxyl groups excluding tert-OH is 2. The molecule has 0 saturated carbocycles. The zero-order valence-corrected chi connectivity index (χ0v) is 16.3. The van der Waals surface area contributed by atoms with E-state index in [0.29, 0.717) is 6.42 Å². The fourth-order valence-corrected chi connectivity index (χ4v) is 2.72. The van der Waals surface area contributed by atoms with Crippen molar-refractivity contribution in [2.75, 3.05) is 13.2 Å². The Hall–Kier alpha value is -0.870. The van der Waals surface area contributed by atoms with Gasteiger partial charge in [-0.15, -0.1) is 0 Å². The van der Waals surface area contributed by atoms with Gasteiger partial charge in [0.25, 0.3) is 0 Å². The number of carbonyl (C=O) groups excluding carboxylic acids is 1. The van der Waals surface area contributed by atoms with E-state index in [0.717, 1.165) is 19.3 Å². The number of rotatable bonds is 18. The van der Waals surface area contributed by atoms with Gasteiger partial charge in [0, 0.05) is 6.42 Å². The maximum atomic E-state index is 11.5. The number of carbonyl (C=O) groups is 1. The van der Waals surface area contributed by atoms with Crippen LogP contribution in [0.4, 0.5) is 0 Å². The van der Waals surface area contributed by atoms with Gasteiger partial charge in [0.15, 0.2) is 0 Å². The summed E-state index contributed by atoms with van der Waals surface area (Å²) in [6.07, 6.45) is 20.2. The van der Waals surface area contributed by atoms with E-state index in [1.165, 1.54) is 64.2 Å². The molecule has 0 aliphatic rings. The Morgan fingerprint density at radius 3 is 1.80 bits per heavy atom. The quantitative estimate of drug-likeness (QED) is 0.208. The lowest BCUT2D eigenvalue weighted by atomic mass is 10.1. The van der Waals surface area contributed by atoms with Gasteiger partial charge in [0.2, 0.25) is 0 Å². The molecule has 0 radical (unpaired) electrons. The van der Waals surface area contributed by atoms with Gasteiger partial charge in [-0.25, -0.2) is 0 Å². The molecule has 2 N–H and O–H groups in total. The summed E-state index contributed by atoms with van der Waals surface area (Å²) in [5.41, 5.74) is 0. The highest BCUT2D eigenvalue weighted by atomic mass is 16.6. The molecule has 4 nitrogen and oxygen atoms in total. The van der Waals surface area contributed by atoms with Gasteiger partial charge in [-0.2, -0.15) is 0 Å². The summed E-state index contributed by atoms with van der Waals surface area (Å²) >= 11 is 0. The molecule has 0 unspecified atom stereocenters. The lowest BCUT2D eigenvalue weighted by molar-refractivity contribution is -0.153. The van der Waals surface area contributed by atoms with E-state index in [-0.39, 0.29) is 19.2 Å². The van der Waals surface area contributed by atoms with E-state index in [2.05, 4.69) is 19.1 Å². The molecular weight excluding hydrogens is 316 g/mol. The first kappa shape index (κ1) is 24.1. The third-order valence-corrected chi connectivity index (χ3v) is 4.35. The Morgan fingerprint density at radius 2 is 1.28 bits per heavy atom. The van der Waals surface area contributed by atoms with E-state index in [1.807, 2.05) is 0 Å². The molecule has 0 rings (SSSR count). The van der Waals surface area contributed by atoms with Crippen molar-refractivity contribution in [2.45, 2.75) is 103 Å². The van der Waals surface area contributed by atoms with Crippen LogP contribution in [0.2, 0.25) is 0 Å². The number of allylic oxidation sites excluding steroid dienone is 2. The average molecular weight is 357 g/mol. The second kappa shape index (κ2) is 19.5. The van der Waals surface area contributed by atoms with E-state index in [1.54, 1.807) is 0 Å². The summed E-state index contributed by atoms with van der Waals surface area (Å²) in [7, 11) is 0. The molecular formula is C21H40O4. The Morgan fingerprint density at radius 1 is 0.800 bits per heavy atom. The zero-order valence-electron chi connectivity index (χ0n) is 16.3. The molecule has 0 aromatic rings. The highest BCUT2D eigenvalue weighted by Gasteiger charge is 2.11. The van der Waals surface area contributed by atoms with Crippen molar-refractivity contribution < 1.29 is 19.7 Å². The Labute approximate surface area is 154 Å². The molecule has 0 heterocycles. The standard InChI is InChI=1S/C21H40O4/c1-2-3-4-5-6-7-8-9-10-11-12-13-14-15-16-17-21(24)25-20(18-22)19-23/h7-8,20,22-23H,2-6,9-19H2,1H3. The molecule has 0 bridgehead atoms. The average Bonchev–Trinajstić information content (AvgIpc) is 2.62. The van der Waals surface area contributed by atoms with Gasteiger partial charge in [-0.3, -0.25) is 4.79 Å². The van der Waals surface area contributed by atoms with Crippen LogP contribution in [0.15, 0.2) is 12.2 Å². The van der Waals surface area contributed by atoms with Crippen molar-refractivity contribution in [3.05, 3.63) is 12.2 Å². The van der Waals surface area contributed by atoms with Gasteiger partial charge >= 0.3 is 5.97 Å². The number of ether oxygens (including phenoxy) is 1. The molecule has 0 atom stereocenters. The first-order chi connectivity index (χ1) is 12.2. The first-order valence-corrected chi connectivity index (χ1v) is 10.3. The van der Waals surface area contributed by atoms with Crippen LogP contribution in [-0.2, 0) is 9.53 Å². The molecule has 4 heteroatoms. The van der Waals surface area contributed by atoms with Crippen LogP contribution in [0.5, 0.6) is 0 Å². The second-order valence-corrected chi connectivity index (χ2v) is 6.81. The minimum Gasteiger partial charge on any atom is -0.457 e. The Bertz CT molecular complexity index is 311. The first-order valence-electron chi connectivity index (χ1n) is 10.3. The minimum atomic E-state index is -0.766. The van der Waals surface area contributed by atoms with Gasteiger partial charge in [-0.05, 0) is 32.1 Å². The monoisotopic (exact) mass is 356 g/mol. The van der Waals surface area contributed by atoms with Crippen molar-refractivity contribution >= 4 is 5.97 Å². The normalized spacial score (nSPS) is 11.5. The molecule has 0 spiro atoms. The van der Waals surface area contributed by atoms with Crippen LogP contribution < -0.4 is 0 Å². The van der Waals surface area contributed by atoms with Crippen LogP contribution in [0.3, 0.4) is 0 Å². The molecule has 0 aromatic carbocycles. The highest BCUT2D eigenvalue weighted by Crippen LogP contribution is 2.11. The molecule has 0 amide bonds. The van der Waals surface area contributed by atoms with Crippen LogP contribution in [0, 0.1) is 0 Å². The van der Waals surface area contributed by atoms with Crippen molar-refractivity contribution in [3.8, 4) is 0 Å². The highest BCUT2D eigenvalue weighted by molar-refractivity contribution is 5.69. The predicted octanol–water partition coefficient (Wildman–Crippen LogP) is 4.92. The Kier molecular flexibility index (Phi) is 18.8. The number of esters is 1. The summed E-state index contributed by atoms with van der Waals surface area (Å²) in [5, 5.41) is 17.7. The number of unbranched alkanes of at least 4 members (excludes halogenated alkanes) is 11. The van der Waals surface area contributed by atoms with Crippen LogP contribution in [-0.4, -0.2) is 35.5 Å². The zero-order chi connectivity index (χ0) is 18.6. The van der Waals surface area contributed by atoms with Crippen LogP contribution >= 0.6 is 0 Å². The van der Waals surface area contributed by atoms with E-state index < -0.39 is 6.10 Å².